The molecule has 0 aliphatic carbocycles. The molecule has 0 spiro atoms. The highest BCUT2D eigenvalue weighted by molar-refractivity contribution is 6.31. The van der Waals surface area contributed by atoms with Crippen molar-refractivity contribution in [3.05, 3.63) is 34.6 Å². The van der Waals surface area contributed by atoms with Crippen LogP contribution in [0.4, 0.5) is 4.39 Å². The van der Waals surface area contributed by atoms with Gasteiger partial charge in [0.25, 0.3) is 0 Å². The smallest absolute Gasteiger partial charge is 0.142 e. The molecule has 1 aromatic rings. The summed E-state index contributed by atoms with van der Waals surface area (Å²) in [5, 5.41) is 0.0648. The fourth-order valence-electron chi connectivity index (χ4n) is 2.55. The summed E-state index contributed by atoms with van der Waals surface area (Å²) < 4.78 is 13.3. The van der Waals surface area contributed by atoms with Crippen LogP contribution < -0.4 is 0 Å². The number of halogens is 2. The zero-order valence-corrected chi connectivity index (χ0v) is 12.7. The Hall–Kier alpha value is -0.970. The monoisotopic (exact) mass is 298 g/mol. The van der Waals surface area contributed by atoms with Gasteiger partial charge in [-0.2, -0.15) is 0 Å². The SMILES string of the molecule is CN1CCN(C)C(CC(=O)Cc2cccc(F)c2Cl)C1. The minimum Gasteiger partial charge on any atom is -0.304 e. The third-order valence-corrected chi connectivity index (χ3v) is 4.29. The molecular formula is C15H20ClFN2O. The molecule has 1 unspecified atom stereocenters. The van der Waals surface area contributed by atoms with Gasteiger partial charge in [0, 0.05) is 38.5 Å². The number of carbonyl (C=O) groups excluding carboxylic acids is 1. The maximum absolute atomic E-state index is 13.3. The lowest BCUT2D eigenvalue weighted by Gasteiger charge is -2.37. The molecule has 1 aliphatic heterocycles. The van der Waals surface area contributed by atoms with Crippen molar-refractivity contribution in [2.75, 3.05) is 33.7 Å². The second-order valence-corrected chi connectivity index (χ2v) is 5.91. The van der Waals surface area contributed by atoms with Crippen LogP contribution in [0.15, 0.2) is 18.2 Å². The quantitative estimate of drug-likeness (QED) is 0.852. The standard InChI is InChI=1S/C15H20ClFN2O/c1-18-6-7-19(2)12(10-18)9-13(20)8-11-4-3-5-14(17)15(11)16/h3-5,12H,6-10H2,1-2H3. The average molecular weight is 299 g/mol. The van der Waals surface area contributed by atoms with Crippen molar-refractivity contribution in [1.82, 2.24) is 9.80 Å². The molecule has 0 bridgehead atoms. The number of Topliss-reactive ketones (excluding diaryl/α,β-unsaturated/α-hetero) is 1. The van der Waals surface area contributed by atoms with Gasteiger partial charge in [-0.05, 0) is 25.7 Å². The summed E-state index contributed by atoms with van der Waals surface area (Å²) in [5.41, 5.74) is 0.573. The zero-order chi connectivity index (χ0) is 14.7. The number of rotatable bonds is 4. The third-order valence-electron chi connectivity index (χ3n) is 3.86. The second kappa shape index (κ2) is 6.66. The van der Waals surface area contributed by atoms with Crippen LogP contribution in [0.5, 0.6) is 0 Å². The molecule has 1 saturated heterocycles. The van der Waals surface area contributed by atoms with E-state index in [4.69, 9.17) is 11.6 Å². The van der Waals surface area contributed by atoms with E-state index in [1.807, 2.05) is 7.05 Å². The molecule has 110 valence electrons. The van der Waals surface area contributed by atoms with Crippen molar-refractivity contribution in [1.29, 1.82) is 0 Å². The number of hydrogen-bond donors (Lipinski definition) is 0. The van der Waals surface area contributed by atoms with E-state index in [2.05, 4.69) is 16.8 Å². The van der Waals surface area contributed by atoms with Crippen LogP contribution in [0.25, 0.3) is 0 Å². The Morgan fingerprint density at radius 2 is 2.15 bits per heavy atom. The second-order valence-electron chi connectivity index (χ2n) is 5.53. The average Bonchev–Trinajstić information content (AvgIpc) is 2.39. The van der Waals surface area contributed by atoms with Crippen LogP contribution in [0.1, 0.15) is 12.0 Å². The molecule has 0 amide bonds. The van der Waals surface area contributed by atoms with Crippen LogP contribution >= 0.6 is 11.6 Å². The van der Waals surface area contributed by atoms with Crippen molar-refractivity contribution in [3.63, 3.8) is 0 Å². The highest BCUT2D eigenvalue weighted by Crippen LogP contribution is 2.21. The number of hydrogen-bond acceptors (Lipinski definition) is 3. The Kier molecular flexibility index (Phi) is 5.13. The van der Waals surface area contributed by atoms with Crippen molar-refractivity contribution in [2.24, 2.45) is 0 Å². The van der Waals surface area contributed by atoms with E-state index >= 15 is 0 Å². The van der Waals surface area contributed by atoms with Gasteiger partial charge in [0.15, 0.2) is 0 Å². The van der Waals surface area contributed by atoms with E-state index in [-0.39, 0.29) is 23.3 Å². The van der Waals surface area contributed by atoms with Gasteiger partial charge < -0.3 is 9.80 Å². The highest BCUT2D eigenvalue weighted by atomic mass is 35.5. The molecule has 5 heteroatoms. The number of nitrogens with zero attached hydrogens (tertiary/aromatic N) is 2. The maximum Gasteiger partial charge on any atom is 0.142 e. The van der Waals surface area contributed by atoms with Gasteiger partial charge in [-0.15, -0.1) is 0 Å². The minimum absolute atomic E-state index is 0.0648. The molecule has 0 radical (unpaired) electrons. The summed E-state index contributed by atoms with van der Waals surface area (Å²) in [4.78, 5) is 16.6. The number of benzene rings is 1. The Morgan fingerprint density at radius 1 is 1.40 bits per heavy atom. The first-order valence-corrected chi connectivity index (χ1v) is 7.18. The van der Waals surface area contributed by atoms with E-state index in [1.54, 1.807) is 12.1 Å². The first-order chi connectivity index (χ1) is 9.47. The Balaban J connectivity index is 1.96. The van der Waals surface area contributed by atoms with E-state index in [1.165, 1.54) is 6.07 Å². The third kappa shape index (κ3) is 3.78. The molecule has 0 saturated carbocycles. The lowest BCUT2D eigenvalue weighted by atomic mass is 10.0. The minimum atomic E-state index is -0.466. The molecule has 1 fully saturated rings. The van der Waals surface area contributed by atoms with Gasteiger partial charge in [0.2, 0.25) is 0 Å². The van der Waals surface area contributed by atoms with Crippen LogP contribution in [-0.2, 0) is 11.2 Å². The normalized spacial score (nSPS) is 21.1. The summed E-state index contributed by atoms with van der Waals surface area (Å²) in [6.45, 7) is 2.88. The predicted octanol–water partition coefficient (Wildman–Crippen LogP) is 2.23. The molecule has 1 atom stereocenters. The van der Waals surface area contributed by atoms with Gasteiger partial charge >= 0.3 is 0 Å². The molecule has 3 nitrogen and oxygen atoms in total. The van der Waals surface area contributed by atoms with Crippen molar-refractivity contribution in [2.45, 2.75) is 18.9 Å². The fourth-order valence-corrected chi connectivity index (χ4v) is 2.75. The summed E-state index contributed by atoms with van der Waals surface area (Å²) in [6.07, 6.45) is 0.679. The van der Waals surface area contributed by atoms with Crippen molar-refractivity contribution in [3.8, 4) is 0 Å². The first-order valence-electron chi connectivity index (χ1n) is 6.80. The van der Waals surface area contributed by atoms with E-state index in [9.17, 15) is 9.18 Å². The molecule has 0 N–H and O–H groups in total. The van der Waals surface area contributed by atoms with Gasteiger partial charge in [-0.25, -0.2) is 4.39 Å². The lowest BCUT2D eigenvalue weighted by molar-refractivity contribution is -0.120. The molecule has 1 aliphatic rings. The number of ketones is 1. The van der Waals surface area contributed by atoms with Gasteiger partial charge in [0.05, 0.1) is 5.02 Å². The first kappa shape index (κ1) is 15.4. The van der Waals surface area contributed by atoms with Crippen molar-refractivity contribution < 1.29 is 9.18 Å². The Labute approximate surface area is 124 Å². The van der Waals surface area contributed by atoms with Gasteiger partial charge in [0.1, 0.15) is 11.6 Å². The van der Waals surface area contributed by atoms with E-state index < -0.39 is 5.82 Å². The number of piperazine rings is 1. The molecule has 1 aromatic carbocycles. The molecular weight excluding hydrogens is 279 g/mol. The topological polar surface area (TPSA) is 23.6 Å². The molecule has 1 heterocycles. The van der Waals surface area contributed by atoms with E-state index in [0.29, 0.717) is 12.0 Å². The van der Waals surface area contributed by atoms with Crippen LogP contribution in [0.2, 0.25) is 5.02 Å². The Morgan fingerprint density at radius 3 is 2.90 bits per heavy atom. The Bertz CT molecular complexity index is 495. The van der Waals surface area contributed by atoms with Gasteiger partial charge in [-0.3, -0.25) is 4.79 Å². The van der Waals surface area contributed by atoms with Gasteiger partial charge in [-0.1, -0.05) is 23.7 Å². The number of carbonyl (C=O) groups is 1. The molecule has 0 aromatic heterocycles. The van der Waals surface area contributed by atoms with Crippen LogP contribution in [0.3, 0.4) is 0 Å². The zero-order valence-electron chi connectivity index (χ0n) is 11.9. The van der Waals surface area contributed by atoms with Crippen LogP contribution in [-0.4, -0.2) is 55.4 Å². The maximum atomic E-state index is 13.3. The fraction of sp³-hybridized carbons (Fsp3) is 0.533. The largest absolute Gasteiger partial charge is 0.304 e. The summed E-state index contributed by atoms with van der Waals surface area (Å²) in [7, 11) is 4.11. The summed E-state index contributed by atoms with van der Waals surface area (Å²) in [6, 6.07) is 4.83. The van der Waals surface area contributed by atoms with Crippen LogP contribution in [0, 0.1) is 5.82 Å². The van der Waals surface area contributed by atoms with E-state index in [0.717, 1.165) is 19.6 Å². The highest BCUT2D eigenvalue weighted by Gasteiger charge is 2.24. The summed E-state index contributed by atoms with van der Waals surface area (Å²) >= 11 is 5.89. The predicted molar refractivity (Wildman–Crippen MR) is 78.7 cm³/mol. The lowest BCUT2D eigenvalue weighted by Crippen LogP contribution is -2.50. The molecule has 20 heavy (non-hydrogen) atoms. The number of likely N-dealkylation sites (N-methyl/N-ethyl adjacent to an activating group) is 2. The molecule has 2 rings (SSSR count). The summed E-state index contributed by atoms with van der Waals surface area (Å²) in [5.74, 6) is -0.365. The van der Waals surface area contributed by atoms with Crippen molar-refractivity contribution >= 4 is 17.4 Å².